The highest BCUT2D eigenvalue weighted by Gasteiger charge is 2.28. The number of hydrogen-bond acceptors (Lipinski definition) is 4. The molecule has 0 aliphatic heterocycles. The number of anilines is 1. The summed E-state index contributed by atoms with van der Waals surface area (Å²) in [6.07, 6.45) is 6.61. The van der Waals surface area contributed by atoms with Gasteiger partial charge >= 0.3 is 0 Å². The van der Waals surface area contributed by atoms with Crippen LogP contribution in [0, 0.1) is 5.92 Å². The lowest BCUT2D eigenvalue weighted by molar-refractivity contribution is 0.0968. The van der Waals surface area contributed by atoms with E-state index in [2.05, 4.69) is 16.8 Å². The molecule has 3 nitrogen and oxygen atoms in total. The molecule has 1 aromatic heterocycles. The summed E-state index contributed by atoms with van der Waals surface area (Å²) in [6.45, 7) is 4.41. The normalized spacial score (nSPS) is 18.8. The van der Waals surface area contributed by atoms with E-state index < -0.39 is 0 Å². The summed E-state index contributed by atoms with van der Waals surface area (Å²) in [5.74, 6) is 1.12. The van der Waals surface area contributed by atoms with Crippen molar-refractivity contribution >= 4 is 22.3 Å². The quantitative estimate of drug-likeness (QED) is 0.818. The van der Waals surface area contributed by atoms with Crippen molar-refractivity contribution in [3.8, 4) is 0 Å². The topological polar surface area (TPSA) is 33.2 Å². The predicted octanol–water partition coefficient (Wildman–Crippen LogP) is 3.29. The third-order valence-corrected chi connectivity index (χ3v) is 4.87. The third kappa shape index (κ3) is 2.44. The molecule has 1 fully saturated rings. The Morgan fingerprint density at radius 1 is 1.39 bits per heavy atom. The Morgan fingerprint density at radius 2 is 2.22 bits per heavy atom. The minimum atomic E-state index is 0.252. The average Bonchev–Trinajstić information content (AvgIpc) is 3.06. The molecule has 0 saturated heterocycles. The highest BCUT2D eigenvalue weighted by molar-refractivity contribution is 7.16. The molecule has 18 heavy (non-hydrogen) atoms. The number of rotatable bonds is 5. The van der Waals surface area contributed by atoms with E-state index in [9.17, 15) is 4.79 Å². The first-order chi connectivity index (χ1) is 8.78. The van der Waals surface area contributed by atoms with Crippen LogP contribution in [0.1, 0.15) is 54.4 Å². The molecule has 0 radical (unpaired) electrons. The van der Waals surface area contributed by atoms with Gasteiger partial charge in [0.25, 0.3) is 0 Å². The fourth-order valence-corrected chi connectivity index (χ4v) is 3.69. The fraction of sp³-hybridized carbons (Fsp3) is 0.714. The van der Waals surface area contributed by atoms with E-state index >= 15 is 0 Å². The molecule has 2 aliphatic carbocycles. The van der Waals surface area contributed by atoms with Crippen LogP contribution in [0.2, 0.25) is 0 Å². The number of aromatic nitrogens is 1. The second-order valence-electron chi connectivity index (χ2n) is 5.43. The zero-order chi connectivity index (χ0) is 12.5. The van der Waals surface area contributed by atoms with Gasteiger partial charge in [-0.1, -0.05) is 6.92 Å². The second-order valence-corrected chi connectivity index (χ2v) is 6.50. The Kier molecular flexibility index (Phi) is 3.37. The maximum atomic E-state index is 11.8. The monoisotopic (exact) mass is 264 g/mol. The van der Waals surface area contributed by atoms with Crippen LogP contribution in [-0.2, 0) is 6.42 Å². The molecule has 3 rings (SSSR count). The van der Waals surface area contributed by atoms with Gasteiger partial charge in [0.2, 0.25) is 0 Å². The Balaban J connectivity index is 1.82. The van der Waals surface area contributed by atoms with Crippen LogP contribution in [0.15, 0.2) is 0 Å². The van der Waals surface area contributed by atoms with E-state index in [1.165, 1.54) is 17.7 Å². The lowest BCUT2D eigenvalue weighted by atomic mass is 10.0. The summed E-state index contributed by atoms with van der Waals surface area (Å²) < 4.78 is 0. The highest BCUT2D eigenvalue weighted by atomic mass is 32.1. The lowest BCUT2D eigenvalue weighted by Crippen LogP contribution is -2.26. The van der Waals surface area contributed by atoms with Gasteiger partial charge in [-0.05, 0) is 38.0 Å². The second kappa shape index (κ2) is 5.00. The fourth-order valence-electron chi connectivity index (χ4n) is 2.54. The van der Waals surface area contributed by atoms with Crippen molar-refractivity contribution in [2.45, 2.75) is 45.4 Å². The summed E-state index contributed by atoms with van der Waals surface area (Å²) in [5.41, 5.74) is 0.776. The average molecular weight is 264 g/mol. The summed E-state index contributed by atoms with van der Waals surface area (Å²) in [4.78, 5) is 20.1. The Morgan fingerprint density at radius 3 is 2.89 bits per heavy atom. The Labute approximate surface area is 112 Å². The number of nitrogens with zero attached hydrogens (tertiary/aromatic N) is 2. The Bertz CT molecular complexity index is 451. The number of Topliss-reactive ketones (excluding diaryl/α,β-unsaturated/α-hetero) is 1. The van der Waals surface area contributed by atoms with Gasteiger partial charge in [-0.25, -0.2) is 4.98 Å². The SMILES string of the molecule is CCCN(CC1CC1)c1nc2c(s1)CCCC2=O. The van der Waals surface area contributed by atoms with E-state index in [0.717, 1.165) is 49.1 Å². The van der Waals surface area contributed by atoms with Gasteiger partial charge in [-0.15, -0.1) is 11.3 Å². The third-order valence-electron chi connectivity index (χ3n) is 3.70. The number of carbonyl (C=O) groups excluding carboxylic acids is 1. The van der Waals surface area contributed by atoms with Crippen LogP contribution in [0.25, 0.3) is 0 Å². The summed E-state index contributed by atoms with van der Waals surface area (Å²) in [5, 5.41) is 1.09. The molecule has 0 aromatic carbocycles. The summed E-state index contributed by atoms with van der Waals surface area (Å²) in [6, 6.07) is 0. The van der Waals surface area contributed by atoms with Gasteiger partial charge in [-0.2, -0.15) is 0 Å². The van der Waals surface area contributed by atoms with Crippen molar-refractivity contribution in [3.05, 3.63) is 10.6 Å². The van der Waals surface area contributed by atoms with Crippen LogP contribution in [0.4, 0.5) is 5.13 Å². The van der Waals surface area contributed by atoms with E-state index in [1.54, 1.807) is 11.3 Å². The molecular formula is C14H20N2OS. The minimum Gasteiger partial charge on any atom is -0.348 e. The van der Waals surface area contributed by atoms with Crippen molar-refractivity contribution in [2.75, 3.05) is 18.0 Å². The molecule has 0 spiro atoms. The minimum absolute atomic E-state index is 0.252. The van der Waals surface area contributed by atoms with Crippen molar-refractivity contribution < 1.29 is 4.79 Å². The number of aryl methyl sites for hydroxylation is 1. The smallest absolute Gasteiger partial charge is 0.186 e. The van der Waals surface area contributed by atoms with Gasteiger partial charge in [0.1, 0.15) is 5.69 Å². The molecule has 1 heterocycles. The Hall–Kier alpha value is -0.900. The van der Waals surface area contributed by atoms with Crippen molar-refractivity contribution in [3.63, 3.8) is 0 Å². The van der Waals surface area contributed by atoms with Gasteiger partial charge in [0.15, 0.2) is 10.9 Å². The lowest BCUT2D eigenvalue weighted by Gasteiger charge is -2.20. The molecular weight excluding hydrogens is 244 g/mol. The van der Waals surface area contributed by atoms with Crippen molar-refractivity contribution in [1.29, 1.82) is 0 Å². The standard InChI is InChI=1S/C14H20N2OS/c1-2-8-16(9-10-6-7-10)14-15-13-11(17)4-3-5-12(13)18-14/h10H,2-9H2,1H3. The van der Waals surface area contributed by atoms with Gasteiger partial charge in [0.05, 0.1) is 0 Å². The molecule has 0 bridgehead atoms. The molecule has 0 N–H and O–H groups in total. The molecule has 2 aliphatic rings. The molecule has 4 heteroatoms. The number of ketones is 1. The van der Waals surface area contributed by atoms with Crippen LogP contribution >= 0.6 is 11.3 Å². The number of carbonyl (C=O) groups is 1. The molecule has 1 saturated carbocycles. The zero-order valence-electron chi connectivity index (χ0n) is 10.9. The number of fused-ring (bicyclic) bond motifs is 1. The van der Waals surface area contributed by atoms with Gasteiger partial charge < -0.3 is 4.90 Å². The van der Waals surface area contributed by atoms with E-state index in [4.69, 9.17) is 0 Å². The number of thiazole rings is 1. The maximum Gasteiger partial charge on any atom is 0.186 e. The molecule has 0 unspecified atom stereocenters. The van der Waals surface area contributed by atoms with E-state index in [1.807, 2.05) is 0 Å². The van der Waals surface area contributed by atoms with Crippen molar-refractivity contribution in [1.82, 2.24) is 4.98 Å². The first-order valence-corrected chi connectivity index (χ1v) is 7.87. The summed E-state index contributed by atoms with van der Waals surface area (Å²) >= 11 is 1.75. The molecule has 0 amide bonds. The first-order valence-electron chi connectivity index (χ1n) is 7.05. The van der Waals surface area contributed by atoms with Gasteiger partial charge in [0, 0.05) is 24.4 Å². The van der Waals surface area contributed by atoms with Crippen LogP contribution < -0.4 is 4.90 Å². The molecule has 0 atom stereocenters. The zero-order valence-corrected chi connectivity index (χ0v) is 11.8. The van der Waals surface area contributed by atoms with Crippen LogP contribution in [0.3, 0.4) is 0 Å². The summed E-state index contributed by atoms with van der Waals surface area (Å²) in [7, 11) is 0. The maximum absolute atomic E-state index is 11.8. The van der Waals surface area contributed by atoms with Crippen LogP contribution in [0.5, 0.6) is 0 Å². The molecule has 1 aromatic rings. The largest absolute Gasteiger partial charge is 0.348 e. The predicted molar refractivity (Wildman–Crippen MR) is 74.6 cm³/mol. The van der Waals surface area contributed by atoms with Crippen molar-refractivity contribution in [2.24, 2.45) is 5.92 Å². The van der Waals surface area contributed by atoms with E-state index in [0.29, 0.717) is 6.42 Å². The highest BCUT2D eigenvalue weighted by Crippen LogP contribution is 2.35. The van der Waals surface area contributed by atoms with Gasteiger partial charge in [-0.3, -0.25) is 4.79 Å². The van der Waals surface area contributed by atoms with E-state index in [-0.39, 0.29) is 5.78 Å². The number of hydrogen-bond donors (Lipinski definition) is 0. The first kappa shape index (κ1) is 12.2. The van der Waals surface area contributed by atoms with Crippen LogP contribution in [-0.4, -0.2) is 23.9 Å². The molecule has 98 valence electrons.